The van der Waals surface area contributed by atoms with Crippen LogP contribution >= 0.6 is 58.0 Å². The molecule has 0 spiro atoms. The summed E-state index contributed by atoms with van der Waals surface area (Å²) in [6.45, 7) is 0. The van der Waals surface area contributed by atoms with Crippen molar-refractivity contribution in [3.8, 4) is 0 Å². The number of alkyl halides is 2. The topological polar surface area (TPSA) is 0 Å². The van der Waals surface area contributed by atoms with Gasteiger partial charge in [-0.05, 0) is 0 Å². The SMILES string of the molecule is ClC(Cl)=C=C(Cl)C(Cl)Cl. The van der Waals surface area contributed by atoms with E-state index >= 15 is 0 Å². The molecule has 0 N–H and O–H groups in total. The Morgan fingerprint density at radius 1 is 1.11 bits per heavy atom. The van der Waals surface area contributed by atoms with Crippen LogP contribution in [0, 0.1) is 0 Å². The smallest absolute Gasteiger partial charge is 0.0984 e. The van der Waals surface area contributed by atoms with E-state index in [9.17, 15) is 0 Å². The van der Waals surface area contributed by atoms with Gasteiger partial charge in [0.05, 0.1) is 5.03 Å². The molecule has 9 heavy (non-hydrogen) atoms. The first kappa shape index (κ1) is 9.97. The van der Waals surface area contributed by atoms with Gasteiger partial charge in [-0.25, -0.2) is 0 Å². The predicted octanol–water partition coefficient (Wildman–Crippen LogP) is 3.83. The average Bonchev–Trinajstić information content (AvgIpc) is 1.63. The van der Waals surface area contributed by atoms with E-state index in [4.69, 9.17) is 58.0 Å². The second-order valence-electron chi connectivity index (χ2n) is 1.03. The van der Waals surface area contributed by atoms with Crippen LogP contribution in [0.4, 0.5) is 0 Å². The molecule has 0 aromatic carbocycles. The molecule has 0 aromatic heterocycles. The van der Waals surface area contributed by atoms with Gasteiger partial charge in [0.2, 0.25) is 0 Å². The van der Waals surface area contributed by atoms with Crippen molar-refractivity contribution in [2.75, 3.05) is 0 Å². The van der Waals surface area contributed by atoms with Gasteiger partial charge in [0, 0.05) is 0 Å². The number of hydrogen-bond acceptors (Lipinski definition) is 0. The minimum Gasteiger partial charge on any atom is -0.0984 e. The Morgan fingerprint density at radius 3 is 1.67 bits per heavy atom. The van der Waals surface area contributed by atoms with Gasteiger partial charge < -0.3 is 0 Å². The summed E-state index contributed by atoms with van der Waals surface area (Å²) in [6.07, 6.45) is 0. The van der Waals surface area contributed by atoms with Crippen molar-refractivity contribution < 1.29 is 0 Å². The van der Waals surface area contributed by atoms with Gasteiger partial charge in [-0.15, -0.1) is 0 Å². The molecule has 0 aromatic rings. The Balaban J connectivity index is 4.35. The van der Waals surface area contributed by atoms with Crippen molar-refractivity contribution >= 4 is 58.0 Å². The van der Waals surface area contributed by atoms with E-state index in [-0.39, 0.29) is 9.52 Å². The molecule has 0 rings (SSSR count). The molecule has 0 bridgehead atoms. The highest BCUT2D eigenvalue weighted by Gasteiger charge is 2.01. The van der Waals surface area contributed by atoms with Crippen LogP contribution in [0.3, 0.4) is 0 Å². The van der Waals surface area contributed by atoms with Gasteiger partial charge in [0.25, 0.3) is 0 Å². The Labute approximate surface area is 78.0 Å². The van der Waals surface area contributed by atoms with Gasteiger partial charge >= 0.3 is 0 Å². The maximum atomic E-state index is 5.36. The van der Waals surface area contributed by atoms with Crippen LogP contribution in [-0.2, 0) is 0 Å². The van der Waals surface area contributed by atoms with Crippen LogP contribution in [0.2, 0.25) is 0 Å². The average molecular weight is 226 g/mol. The number of allylic oxidation sites excluding steroid dienone is 1. The number of rotatable bonds is 1. The Kier molecular flexibility index (Phi) is 5.25. The first-order chi connectivity index (χ1) is 4.04. The Morgan fingerprint density at radius 2 is 1.56 bits per heavy atom. The van der Waals surface area contributed by atoms with Gasteiger partial charge in [0.1, 0.15) is 4.49 Å². The Hall–Kier alpha value is 0.970. The molecule has 0 radical (unpaired) electrons. The molecule has 52 valence electrons. The van der Waals surface area contributed by atoms with Gasteiger partial charge in [0.15, 0.2) is 4.84 Å². The largest absolute Gasteiger partial charge is 0.150 e. The third kappa shape index (κ3) is 5.42. The highest BCUT2D eigenvalue weighted by molar-refractivity contribution is 6.57. The van der Waals surface area contributed by atoms with Crippen LogP contribution in [0.15, 0.2) is 15.3 Å². The quantitative estimate of drug-likeness (QED) is 0.471. The van der Waals surface area contributed by atoms with Crippen LogP contribution in [0.1, 0.15) is 0 Å². The number of halogens is 5. The second kappa shape index (κ2) is 4.73. The molecule has 0 fully saturated rings. The van der Waals surface area contributed by atoms with Crippen molar-refractivity contribution in [1.82, 2.24) is 0 Å². The number of hydrogen-bond donors (Lipinski definition) is 0. The normalized spacial score (nSPS) is 9.11. The van der Waals surface area contributed by atoms with Crippen molar-refractivity contribution in [2.45, 2.75) is 4.84 Å². The third-order valence-corrected chi connectivity index (χ3v) is 1.57. The minimum atomic E-state index is -0.820. The van der Waals surface area contributed by atoms with E-state index in [0.29, 0.717) is 0 Å². The first-order valence-electron chi connectivity index (χ1n) is 1.79. The second-order valence-corrected chi connectivity index (χ2v) is 3.49. The molecule has 0 amide bonds. The third-order valence-electron chi connectivity index (χ3n) is 0.405. The minimum absolute atomic E-state index is 0.0818. The predicted molar refractivity (Wildman–Crippen MR) is 43.6 cm³/mol. The zero-order valence-electron chi connectivity index (χ0n) is 3.97. The van der Waals surface area contributed by atoms with Crippen molar-refractivity contribution in [3.05, 3.63) is 15.3 Å². The van der Waals surface area contributed by atoms with Crippen molar-refractivity contribution in [1.29, 1.82) is 0 Å². The molecule has 0 unspecified atom stereocenters. The molecule has 0 aliphatic carbocycles. The maximum absolute atomic E-state index is 5.36. The van der Waals surface area contributed by atoms with E-state index in [1.165, 1.54) is 0 Å². The molecule has 0 aliphatic rings. The van der Waals surface area contributed by atoms with E-state index in [0.717, 1.165) is 0 Å². The lowest BCUT2D eigenvalue weighted by atomic mass is 10.7. The standard InChI is InChI=1S/C4HCl5/c5-2(4(8)9)1-3(6)7/h4H. The van der Waals surface area contributed by atoms with Gasteiger partial charge in [-0.2, -0.15) is 0 Å². The fourth-order valence-electron chi connectivity index (χ4n) is 0.145. The molecular weight excluding hydrogens is 225 g/mol. The summed E-state index contributed by atoms with van der Waals surface area (Å²) in [5.41, 5.74) is 2.31. The zero-order valence-corrected chi connectivity index (χ0v) is 7.75. The van der Waals surface area contributed by atoms with Crippen molar-refractivity contribution in [2.24, 2.45) is 0 Å². The van der Waals surface area contributed by atoms with E-state index in [1.54, 1.807) is 0 Å². The summed E-state index contributed by atoms with van der Waals surface area (Å²) in [4.78, 5) is -0.820. The molecule has 0 aliphatic heterocycles. The summed E-state index contributed by atoms with van der Waals surface area (Å²) in [6, 6.07) is 0. The fraction of sp³-hybridized carbons (Fsp3) is 0.250. The highest BCUT2D eigenvalue weighted by Crippen LogP contribution is 2.18. The molecule has 5 heteroatoms. The lowest BCUT2D eigenvalue weighted by Crippen LogP contribution is -1.81. The molecule has 0 atom stereocenters. The molecule has 0 heterocycles. The van der Waals surface area contributed by atoms with E-state index < -0.39 is 4.84 Å². The van der Waals surface area contributed by atoms with Gasteiger partial charge in [-0.1, -0.05) is 63.7 Å². The zero-order chi connectivity index (χ0) is 7.44. The molecular formula is C4HCl5. The van der Waals surface area contributed by atoms with E-state index in [1.807, 2.05) is 0 Å². The van der Waals surface area contributed by atoms with Crippen LogP contribution in [0.5, 0.6) is 0 Å². The summed E-state index contributed by atoms with van der Waals surface area (Å²) in [5.74, 6) is 0. The lowest BCUT2D eigenvalue weighted by Gasteiger charge is -1.90. The van der Waals surface area contributed by atoms with Crippen LogP contribution in [0.25, 0.3) is 0 Å². The summed E-state index contributed by atoms with van der Waals surface area (Å²) in [7, 11) is 0. The summed E-state index contributed by atoms with van der Waals surface area (Å²) in [5, 5.41) is 0.0818. The van der Waals surface area contributed by atoms with Gasteiger partial charge in [-0.3, -0.25) is 0 Å². The monoisotopic (exact) mass is 224 g/mol. The summed E-state index contributed by atoms with van der Waals surface area (Å²) < 4.78 is -0.0914. The molecule has 0 nitrogen and oxygen atoms in total. The van der Waals surface area contributed by atoms with Crippen LogP contribution in [-0.4, -0.2) is 4.84 Å². The van der Waals surface area contributed by atoms with Crippen molar-refractivity contribution in [3.63, 3.8) is 0 Å². The first-order valence-corrected chi connectivity index (χ1v) is 3.80. The molecule has 0 saturated carbocycles. The Bertz CT molecular complexity index is 148. The summed E-state index contributed by atoms with van der Waals surface area (Å²) >= 11 is 26.2. The molecule has 0 saturated heterocycles. The maximum Gasteiger partial charge on any atom is 0.150 e. The highest BCUT2D eigenvalue weighted by atomic mass is 35.5. The van der Waals surface area contributed by atoms with Crippen LogP contribution < -0.4 is 0 Å². The fourth-order valence-corrected chi connectivity index (χ4v) is 0.649. The lowest BCUT2D eigenvalue weighted by molar-refractivity contribution is 1.56. The van der Waals surface area contributed by atoms with E-state index in [2.05, 4.69) is 5.73 Å².